The first-order chi connectivity index (χ1) is 14.7. The van der Waals surface area contributed by atoms with Crippen LogP contribution in [0.15, 0.2) is 84.9 Å². The predicted octanol–water partition coefficient (Wildman–Crippen LogP) is 5.97. The Morgan fingerprint density at radius 2 is 1.60 bits per heavy atom. The highest BCUT2D eigenvalue weighted by molar-refractivity contribution is 8.00. The van der Waals surface area contributed by atoms with Gasteiger partial charge in [0, 0.05) is 16.1 Å². The number of carbonyl (C=O) groups is 1. The number of carbonyl (C=O) groups excluding carboxylic acids is 1. The van der Waals surface area contributed by atoms with Gasteiger partial charge in [0.2, 0.25) is 5.91 Å². The van der Waals surface area contributed by atoms with E-state index in [1.165, 1.54) is 0 Å². The molecule has 4 nitrogen and oxygen atoms in total. The molecule has 6 heteroatoms. The molecule has 3 aromatic carbocycles. The minimum Gasteiger partial charge on any atom is -0.310 e. The molecule has 0 bridgehead atoms. The fourth-order valence-electron chi connectivity index (χ4n) is 3.67. The Balaban J connectivity index is 1.78. The molecule has 0 aliphatic carbocycles. The van der Waals surface area contributed by atoms with Crippen molar-refractivity contribution in [3.05, 3.63) is 101 Å². The maximum absolute atomic E-state index is 12.6. The van der Waals surface area contributed by atoms with Crippen molar-refractivity contribution >= 4 is 35.1 Å². The van der Waals surface area contributed by atoms with Crippen molar-refractivity contribution in [2.24, 2.45) is 0 Å². The van der Waals surface area contributed by atoms with E-state index in [2.05, 4.69) is 5.32 Å². The van der Waals surface area contributed by atoms with Crippen LogP contribution in [0.5, 0.6) is 0 Å². The number of hydrogen-bond donors (Lipinski definition) is 1. The van der Waals surface area contributed by atoms with Gasteiger partial charge in [-0.25, -0.2) is 4.68 Å². The highest BCUT2D eigenvalue weighted by Crippen LogP contribution is 2.46. The van der Waals surface area contributed by atoms with Crippen molar-refractivity contribution in [3.63, 3.8) is 0 Å². The third-order valence-electron chi connectivity index (χ3n) is 5.04. The van der Waals surface area contributed by atoms with Crippen LogP contribution in [0.4, 0.5) is 5.82 Å². The Labute approximate surface area is 183 Å². The van der Waals surface area contributed by atoms with Crippen LogP contribution >= 0.6 is 23.4 Å². The van der Waals surface area contributed by atoms with Gasteiger partial charge >= 0.3 is 0 Å². The van der Waals surface area contributed by atoms with Gasteiger partial charge in [-0.1, -0.05) is 72.3 Å². The van der Waals surface area contributed by atoms with Gasteiger partial charge in [-0.05, 0) is 29.8 Å². The maximum atomic E-state index is 12.6. The molecule has 1 aliphatic rings. The van der Waals surface area contributed by atoms with Gasteiger partial charge in [0.15, 0.2) is 0 Å². The van der Waals surface area contributed by atoms with E-state index in [9.17, 15) is 4.79 Å². The fraction of sp³-hybridized carbons (Fsp3) is 0.0833. The number of nitrogens with zero attached hydrogens (tertiary/aromatic N) is 2. The molecular formula is C24H18ClN3OS. The van der Waals surface area contributed by atoms with Crippen LogP contribution in [-0.2, 0) is 4.79 Å². The van der Waals surface area contributed by atoms with E-state index in [4.69, 9.17) is 16.7 Å². The Morgan fingerprint density at radius 3 is 2.30 bits per heavy atom. The number of amides is 1. The monoisotopic (exact) mass is 431 g/mol. The van der Waals surface area contributed by atoms with Crippen molar-refractivity contribution in [1.82, 2.24) is 9.78 Å². The molecule has 1 atom stereocenters. The van der Waals surface area contributed by atoms with E-state index in [0.717, 1.165) is 33.9 Å². The standard InChI is InChI=1S/C24H18ClN3OS/c25-18-13-11-17(12-14-18)23-21-22(16-7-3-1-4-8-16)27-28(19-9-5-2-6-10-19)24(21)26-20(29)15-30-23/h1-14,23H,15H2,(H,26,29)/t23-/m1/s1. The molecule has 30 heavy (non-hydrogen) atoms. The highest BCUT2D eigenvalue weighted by Gasteiger charge is 2.32. The summed E-state index contributed by atoms with van der Waals surface area (Å²) >= 11 is 7.73. The summed E-state index contributed by atoms with van der Waals surface area (Å²) in [6, 6.07) is 27.8. The van der Waals surface area contributed by atoms with Gasteiger partial charge in [0.05, 0.1) is 22.4 Å². The van der Waals surface area contributed by atoms with E-state index in [0.29, 0.717) is 10.8 Å². The Morgan fingerprint density at radius 1 is 0.933 bits per heavy atom. The van der Waals surface area contributed by atoms with Crippen molar-refractivity contribution in [1.29, 1.82) is 0 Å². The van der Waals surface area contributed by atoms with Gasteiger partial charge in [0.25, 0.3) is 0 Å². The first kappa shape index (κ1) is 19.0. The Hall–Kier alpha value is -3.02. The summed E-state index contributed by atoms with van der Waals surface area (Å²) in [6.07, 6.45) is 0. The summed E-state index contributed by atoms with van der Waals surface area (Å²) in [5, 5.41) is 8.71. The summed E-state index contributed by atoms with van der Waals surface area (Å²) < 4.78 is 1.84. The molecule has 5 rings (SSSR count). The van der Waals surface area contributed by atoms with Crippen molar-refractivity contribution in [3.8, 4) is 16.9 Å². The van der Waals surface area contributed by atoms with Crippen LogP contribution in [0.3, 0.4) is 0 Å². The quantitative estimate of drug-likeness (QED) is 0.435. The number of nitrogens with one attached hydrogen (secondary N) is 1. The van der Waals surface area contributed by atoms with E-state index in [1.54, 1.807) is 11.8 Å². The zero-order chi connectivity index (χ0) is 20.5. The minimum atomic E-state index is -0.0520. The van der Waals surface area contributed by atoms with Crippen LogP contribution in [-0.4, -0.2) is 21.4 Å². The normalized spacial score (nSPS) is 15.9. The Bertz CT molecular complexity index is 1190. The first-order valence-corrected chi connectivity index (χ1v) is 11.0. The summed E-state index contributed by atoms with van der Waals surface area (Å²) in [7, 11) is 0. The van der Waals surface area contributed by atoms with E-state index < -0.39 is 0 Å². The van der Waals surface area contributed by atoms with Gasteiger partial charge in [-0.15, -0.1) is 11.8 Å². The minimum absolute atomic E-state index is 0.0330. The lowest BCUT2D eigenvalue weighted by Crippen LogP contribution is -2.15. The van der Waals surface area contributed by atoms with Crippen LogP contribution in [0, 0.1) is 0 Å². The number of thioether (sulfide) groups is 1. The van der Waals surface area contributed by atoms with Crippen molar-refractivity contribution in [2.45, 2.75) is 5.25 Å². The smallest absolute Gasteiger partial charge is 0.235 e. The second-order valence-corrected chi connectivity index (χ2v) is 8.54. The molecule has 0 radical (unpaired) electrons. The molecule has 0 saturated carbocycles. The molecule has 2 heterocycles. The molecule has 1 amide bonds. The van der Waals surface area contributed by atoms with E-state index in [1.807, 2.05) is 89.6 Å². The largest absolute Gasteiger partial charge is 0.310 e. The first-order valence-electron chi connectivity index (χ1n) is 9.61. The lowest BCUT2D eigenvalue weighted by atomic mass is 10.00. The number of aromatic nitrogens is 2. The van der Waals surface area contributed by atoms with Gasteiger partial charge < -0.3 is 5.32 Å². The number of rotatable bonds is 3. The average molecular weight is 432 g/mol. The van der Waals surface area contributed by atoms with Crippen molar-refractivity contribution in [2.75, 3.05) is 11.1 Å². The second kappa shape index (κ2) is 8.01. The summed E-state index contributed by atoms with van der Waals surface area (Å²) in [4.78, 5) is 12.6. The summed E-state index contributed by atoms with van der Waals surface area (Å²) in [6.45, 7) is 0. The molecule has 0 fully saturated rings. The molecule has 1 aromatic heterocycles. The molecule has 4 aromatic rings. The average Bonchev–Trinajstić information content (AvgIpc) is 3.06. The van der Waals surface area contributed by atoms with E-state index >= 15 is 0 Å². The third kappa shape index (κ3) is 3.51. The molecule has 0 spiro atoms. The number of para-hydroxylation sites is 1. The second-order valence-electron chi connectivity index (χ2n) is 7.02. The summed E-state index contributed by atoms with van der Waals surface area (Å²) in [5.41, 5.74) is 4.87. The topological polar surface area (TPSA) is 46.9 Å². The number of halogens is 1. The van der Waals surface area contributed by atoms with E-state index in [-0.39, 0.29) is 11.2 Å². The zero-order valence-corrected chi connectivity index (χ0v) is 17.5. The van der Waals surface area contributed by atoms with Gasteiger partial charge in [-0.3, -0.25) is 4.79 Å². The number of anilines is 1. The lowest BCUT2D eigenvalue weighted by molar-refractivity contribution is -0.113. The predicted molar refractivity (Wildman–Crippen MR) is 123 cm³/mol. The molecule has 0 saturated heterocycles. The maximum Gasteiger partial charge on any atom is 0.235 e. The number of fused-ring (bicyclic) bond motifs is 1. The number of benzene rings is 3. The molecule has 0 unspecified atom stereocenters. The fourth-order valence-corrected chi connectivity index (χ4v) is 4.93. The zero-order valence-electron chi connectivity index (χ0n) is 16.0. The SMILES string of the molecule is O=C1CS[C@H](c2ccc(Cl)cc2)c2c(-c3ccccc3)nn(-c3ccccc3)c2N1. The van der Waals surface area contributed by atoms with Crippen LogP contribution in [0.1, 0.15) is 16.4 Å². The van der Waals surface area contributed by atoms with Crippen LogP contribution < -0.4 is 5.32 Å². The van der Waals surface area contributed by atoms with Crippen LogP contribution in [0.25, 0.3) is 16.9 Å². The summed E-state index contributed by atoms with van der Waals surface area (Å²) in [5.74, 6) is 1.05. The Kier molecular flexibility index (Phi) is 5.07. The molecule has 148 valence electrons. The van der Waals surface area contributed by atoms with Crippen LogP contribution in [0.2, 0.25) is 5.02 Å². The van der Waals surface area contributed by atoms with Crippen molar-refractivity contribution < 1.29 is 4.79 Å². The highest BCUT2D eigenvalue weighted by atomic mass is 35.5. The van der Waals surface area contributed by atoms with Gasteiger partial charge in [-0.2, -0.15) is 5.10 Å². The number of hydrogen-bond acceptors (Lipinski definition) is 3. The third-order valence-corrected chi connectivity index (χ3v) is 6.57. The molecule has 1 aliphatic heterocycles. The lowest BCUT2D eigenvalue weighted by Gasteiger charge is -2.16. The molecular weight excluding hydrogens is 414 g/mol. The van der Waals surface area contributed by atoms with Gasteiger partial charge in [0.1, 0.15) is 5.82 Å². The molecule has 1 N–H and O–H groups in total.